The van der Waals surface area contributed by atoms with Gasteiger partial charge in [-0.25, -0.2) is 0 Å². The Morgan fingerprint density at radius 1 is 1.38 bits per heavy atom. The summed E-state index contributed by atoms with van der Waals surface area (Å²) >= 11 is 0. The number of nitrogens with one attached hydrogen (secondary N) is 1. The second kappa shape index (κ2) is 4.34. The molecule has 2 fully saturated rings. The quantitative estimate of drug-likeness (QED) is 0.745. The topological polar surface area (TPSA) is 64.4 Å². The van der Waals surface area contributed by atoms with Crippen molar-refractivity contribution in [2.24, 2.45) is 11.1 Å². The molecule has 0 radical (unpaired) electrons. The Bertz CT molecular complexity index is 263. The number of ether oxygens (including phenoxy) is 1. The number of hydrogen-bond donors (Lipinski definition) is 2. The molecule has 1 saturated heterocycles. The normalized spacial score (nSPS) is 32.1. The van der Waals surface area contributed by atoms with E-state index in [0.717, 1.165) is 38.7 Å². The van der Waals surface area contributed by atoms with Crippen molar-refractivity contribution in [2.75, 3.05) is 19.7 Å². The van der Waals surface area contributed by atoms with E-state index in [2.05, 4.69) is 12.2 Å². The summed E-state index contributed by atoms with van der Waals surface area (Å²) in [5.41, 5.74) is 5.27. The van der Waals surface area contributed by atoms with Gasteiger partial charge in [-0.3, -0.25) is 4.79 Å². The van der Waals surface area contributed by atoms with Gasteiger partial charge < -0.3 is 15.8 Å². The van der Waals surface area contributed by atoms with Crippen molar-refractivity contribution in [3.63, 3.8) is 0 Å². The van der Waals surface area contributed by atoms with Crippen LogP contribution in [-0.4, -0.2) is 31.2 Å². The maximum atomic E-state index is 12.0. The first-order valence-electron chi connectivity index (χ1n) is 6.23. The van der Waals surface area contributed by atoms with Crippen molar-refractivity contribution >= 4 is 5.91 Å². The molecule has 0 bridgehead atoms. The maximum absolute atomic E-state index is 12.0. The van der Waals surface area contributed by atoms with Crippen LogP contribution in [0.15, 0.2) is 0 Å². The van der Waals surface area contributed by atoms with Crippen LogP contribution in [0.3, 0.4) is 0 Å². The maximum Gasteiger partial charge on any atom is 0.227 e. The molecule has 0 aromatic carbocycles. The lowest BCUT2D eigenvalue weighted by Crippen LogP contribution is -2.53. The molecule has 2 aliphatic rings. The molecule has 1 unspecified atom stereocenters. The van der Waals surface area contributed by atoms with Gasteiger partial charge in [-0.1, -0.05) is 6.42 Å². The third kappa shape index (κ3) is 2.09. The highest BCUT2D eigenvalue weighted by molar-refractivity contribution is 5.83. The van der Waals surface area contributed by atoms with Crippen LogP contribution in [0, 0.1) is 5.41 Å². The Kier molecular flexibility index (Phi) is 3.22. The van der Waals surface area contributed by atoms with Crippen LogP contribution >= 0.6 is 0 Å². The molecule has 0 spiro atoms. The van der Waals surface area contributed by atoms with Gasteiger partial charge in [0, 0.05) is 19.7 Å². The number of carbonyl (C=O) groups excluding carboxylic acids is 1. The first-order chi connectivity index (χ1) is 7.60. The first-order valence-corrected chi connectivity index (χ1v) is 6.23. The van der Waals surface area contributed by atoms with E-state index in [1.54, 1.807) is 0 Å². The van der Waals surface area contributed by atoms with Crippen LogP contribution in [0.5, 0.6) is 0 Å². The second-order valence-electron chi connectivity index (χ2n) is 5.42. The minimum absolute atomic E-state index is 0.123. The van der Waals surface area contributed by atoms with Gasteiger partial charge in [-0.2, -0.15) is 0 Å². The summed E-state index contributed by atoms with van der Waals surface area (Å²) in [5, 5.41) is 3.01. The van der Waals surface area contributed by atoms with Crippen LogP contribution in [0.1, 0.15) is 39.0 Å². The highest BCUT2D eigenvalue weighted by atomic mass is 16.5. The molecular formula is C12H22N2O2. The van der Waals surface area contributed by atoms with Crippen LogP contribution in [0.2, 0.25) is 0 Å². The summed E-state index contributed by atoms with van der Waals surface area (Å²) in [6, 6.07) is 0. The minimum Gasteiger partial charge on any atom is -0.373 e. The Hall–Kier alpha value is -0.610. The summed E-state index contributed by atoms with van der Waals surface area (Å²) in [4.78, 5) is 12.0. The molecule has 3 N–H and O–H groups in total. The average molecular weight is 226 g/mol. The van der Waals surface area contributed by atoms with Gasteiger partial charge in [0.1, 0.15) is 0 Å². The standard InChI is InChI=1S/C12H22N2O2/c1-11(4-3-7-16-11)9-14-10(15)12(8-13)5-2-6-12/h2-9,13H2,1H3,(H,14,15). The molecule has 1 aliphatic carbocycles. The van der Waals surface area contributed by atoms with E-state index in [9.17, 15) is 4.79 Å². The van der Waals surface area contributed by atoms with Crippen LogP contribution in [0.4, 0.5) is 0 Å². The molecule has 16 heavy (non-hydrogen) atoms. The van der Waals surface area contributed by atoms with E-state index in [1.165, 1.54) is 0 Å². The molecule has 1 aliphatic heterocycles. The summed E-state index contributed by atoms with van der Waals surface area (Å²) in [6.45, 7) is 3.97. The number of nitrogens with two attached hydrogens (primary N) is 1. The van der Waals surface area contributed by atoms with Gasteiger partial charge in [0.25, 0.3) is 0 Å². The third-order valence-corrected chi connectivity index (χ3v) is 4.11. The van der Waals surface area contributed by atoms with Gasteiger partial charge >= 0.3 is 0 Å². The Morgan fingerprint density at radius 3 is 2.56 bits per heavy atom. The second-order valence-corrected chi connectivity index (χ2v) is 5.42. The predicted molar refractivity (Wildman–Crippen MR) is 61.9 cm³/mol. The highest BCUT2D eigenvalue weighted by Crippen LogP contribution is 2.40. The largest absolute Gasteiger partial charge is 0.373 e. The monoisotopic (exact) mass is 226 g/mol. The van der Waals surface area contributed by atoms with Crippen molar-refractivity contribution in [3.8, 4) is 0 Å². The van der Waals surface area contributed by atoms with E-state index in [0.29, 0.717) is 13.1 Å². The van der Waals surface area contributed by atoms with Crippen molar-refractivity contribution in [3.05, 3.63) is 0 Å². The fourth-order valence-corrected chi connectivity index (χ4v) is 2.56. The van der Waals surface area contributed by atoms with E-state index < -0.39 is 0 Å². The highest BCUT2D eigenvalue weighted by Gasteiger charge is 2.43. The molecule has 0 aromatic rings. The summed E-state index contributed by atoms with van der Waals surface area (Å²) in [6.07, 6.45) is 5.12. The lowest BCUT2D eigenvalue weighted by atomic mass is 9.68. The first kappa shape index (κ1) is 11.9. The smallest absolute Gasteiger partial charge is 0.227 e. The van der Waals surface area contributed by atoms with E-state index >= 15 is 0 Å². The van der Waals surface area contributed by atoms with Gasteiger partial charge in [-0.15, -0.1) is 0 Å². The Labute approximate surface area is 96.9 Å². The SMILES string of the molecule is CC1(CNC(=O)C2(CN)CCC2)CCCO1. The van der Waals surface area contributed by atoms with Gasteiger partial charge in [0.2, 0.25) is 5.91 Å². The zero-order valence-corrected chi connectivity index (χ0v) is 10.1. The van der Waals surface area contributed by atoms with Crippen LogP contribution in [0.25, 0.3) is 0 Å². The summed E-state index contributed by atoms with van der Waals surface area (Å²) in [7, 11) is 0. The molecule has 4 nitrogen and oxygen atoms in total. The fourth-order valence-electron chi connectivity index (χ4n) is 2.56. The molecule has 1 saturated carbocycles. The molecule has 4 heteroatoms. The Morgan fingerprint density at radius 2 is 2.12 bits per heavy atom. The lowest BCUT2D eigenvalue weighted by molar-refractivity contribution is -0.136. The molecular weight excluding hydrogens is 204 g/mol. The average Bonchev–Trinajstić information content (AvgIpc) is 2.62. The van der Waals surface area contributed by atoms with Crippen LogP contribution in [-0.2, 0) is 9.53 Å². The molecule has 0 aromatic heterocycles. The zero-order valence-electron chi connectivity index (χ0n) is 10.1. The van der Waals surface area contributed by atoms with Gasteiger partial charge in [0.05, 0.1) is 11.0 Å². The number of rotatable bonds is 4. The number of hydrogen-bond acceptors (Lipinski definition) is 3. The van der Waals surface area contributed by atoms with E-state index in [4.69, 9.17) is 10.5 Å². The Balaban J connectivity index is 1.83. The molecule has 1 amide bonds. The van der Waals surface area contributed by atoms with Crippen molar-refractivity contribution < 1.29 is 9.53 Å². The molecule has 1 heterocycles. The third-order valence-electron chi connectivity index (χ3n) is 4.11. The predicted octanol–water partition coefficient (Wildman–Crippen LogP) is 0.801. The number of carbonyl (C=O) groups is 1. The van der Waals surface area contributed by atoms with Gasteiger partial charge in [0.15, 0.2) is 0 Å². The zero-order chi connectivity index (χ0) is 11.6. The molecule has 92 valence electrons. The molecule has 2 rings (SSSR count). The van der Waals surface area contributed by atoms with Crippen LogP contribution < -0.4 is 11.1 Å². The summed E-state index contributed by atoms with van der Waals surface area (Å²) < 4.78 is 5.64. The molecule has 1 atom stereocenters. The van der Waals surface area contributed by atoms with Gasteiger partial charge in [-0.05, 0) is 32.6 Å². The fraction of sp³-hybridized carbons (Fsp3) is 0.917. The summed E-state index contributed by atoms with van der Waals surface area (Å²) in [5.74, 6) is 0.123. The van der Waals surface area contributed by atoms with Crippen molar-refractivity contribution in [2.45, 2.75) is 44.6 Å². The lowest BCUT2D eigenvalue weighted by Gasteiger charge is -2.39. The van der Waals surface area contributed by atoms with Crippen molar-refractivity contribution in [1.82, 2.24) is 5.32 Å². The van der Waals surface area contributed by atoms with E-state index in [1.807, 2.05) is 0 Å². The van der Waals surface area contributed by atoms with Crippen molar-refractivity contribution in [1.29, 1.82) is 0 Å². The number of amides is 1. The minimum atomic E-state index is -0.269. The van der Waals surface area contributed by atoms with E-state index in [-0.39, 0.29) is 16.9 Å².